The predicted molar refractivity (Wildman–Crippen MR) is 72.0 cm³/mol. The van der Waals surface area contributed by atoms with Crippen molar-refractivity contribution >= 4 is 11.6 Å². The Kier molecular flexibility index (Phi) is 3.81. The Labute approximate surface area is 112 Å². The zero-order chi connectivity index (χ0) is 13.8. The first-order valence-electron chi connectivity index (χ1n) is 6.11. The van der Waals surface area contributed by atoms with E-state index in [0.717, 1.165) is 12.8 Å². The summed E-state index contributed by atoms with van der Waals surface area (Å²) in [5.41, 5.74) is 6.53. The van der Waals surface area contributed by atoms with E-state index in [0.29, 0.717) is 22.7 Å². The Balaban J connectivity index is 2.18. The molecule has 5 heteroatoms. The number of nitrogen functional groups attached to an aromatic ring is 1. The summed E-state index contributed by atoms with van der Waals surface area (Å²) in [7, 11) is 0. The molecule has 1 atom stereocenters. The maximum absolute atomic E-state index is 12.1. The van der Waals surface area contributed by atoms with Crippen LogP contribution in [0.3, 0.4) is 0 Å². The molecule has 5 nitrogen and oxygen atoms in total. The van der Waals surface area contributed by atoms with Crippen molar-refractivity contribution in [3.05, 3.63) is 17.7 Å². The first-order chi connectivity index (χ1) is 9.15. The van der Waals surface area contributed by atoms with Crippen molar-refractivity contribution in [1.29, 1.82) is 0 Å². The molecule has 3 N–H and O–H groups in total. The maximum Gasteiger partial charge on any atom is 0.254 e. The summed E-state index contributed by atoms with van der Waals surface area (Å²) in [6.07, 6.45) is 7.00. The van der Waals surface area contributed by atoms with E-state index in [1.807, 2.05) is 6.92 Å². The highest BCUT2D eigenvalue weighted by atomic mass is 16.7. The van der Waals surface area contributed by atoms with Gasteiger partial charge in [-0.25, -0.2) is 0 Å². The topological polar surface area (TPSA) is 73.6 Å². The Bertz CT molecular complexity index is 534. The molecule has 0 saturated carbocycles. The number of nitrogens with one attached hydrogen (secondary N) is 1. The normalized spacial score (nSPS) is 13.7. The molecule has 0 saturated heterocycles. The third-order valence-electron chi connectivity index (χ3n) is 2.87. The molecule has 1 aliphatic rings. The minimum absolute atomic E-state index is 0.142. The Morgan fingerprint density at radius 2 is 2.21 bits per heavy atom. The molecule has 1 aromatic rings. The number of carbonyl (C=O) groups excluding carboxylic acids is 1. The smallest absolute Gasteiger partial charge is 0.254 e. The molecule has 0 bridgehead atoms. The lowest BCUT2D eigenvalue weighted by Crippen LogP contribution is -2.34. The zero-order valence-corrected chi connectivity index (χ0v) is 10.7. The van der Waals surface area contributed by atoms with Crippen LogP contribution in [0, 0.1) is 12.3 Å². The van der Waals surface area contributed by atoms with Gasteiger partial charge < -0.3 is 20.5 Å². The second-order valence-electron chi connectivity index (χ2n) is 4.27. The Morgan fingerprint density at radius 1 is 1.53 bits per heavy atom. The Hall–Kier alpha value is -2.35. The van der Waals surface area contributed by atoms with Crippen LogP contribution in [0.15, 0.2) is 12.1 Å². The second-order valence-corrected chi connectivity index (χ2v) is 4.27. The lowest BCUT2D eigenvalue weighted by Gasteiger charge is -2.13. The van der Waals surface area contributed by atoms with Gasteiger partial charge in [-0.05, 0) is 12.5 Å². The molecule has 19 heavy (non-hydrogen) atoms. The largest absolute Gasteiger partial charge is 0.454 e. The molecule has 0 aliphatic carbocycles. The molecule has 1 heterocycles. The lowest BCUT2D eigenvalue weighted by molar-refractivity contribution is 0.0944. The van der Waals surface area contributed by atoms with E-state index < -0.39 is 0 Å². The fourth-order valence-electron chi connectivity index (χ4n) is 1.88. The van der Waals surface area contributed by atoms with Gasteiger partial charge in [-0.3, -0.25) is 4.79 Å². The highest BCUT2D eigenvalue weighted by molar-refractivity contribution is 6.00. The quantitative estimate of drug-likeness (QED) is 0.636. The summed E-state index contributed by atoms with van der Waals surface area (Å²) < 4.78 is 10.4. The first kappa shape index (κ1) is 13.1. The average Bonchev–Trinajstić information content (AvgIpc) is 2.84. The number of hydrogen-bond donors (Lipinski definition) is 2. The number of hydrogen-bond acceptors (Lipinski definition) is 4. The van der Waals surface area contributed by atoms with Gasteiger partial charge in [-0.2, -0.15) is 0 Å². The summed E-state index contributed by atoms with van der Waals surface area (Å²) in [6, 6.07) is 2.87. The van der Waals surface area contributed by atoms with E-state index in [1.54, 1.807) is 12.1 Å². The van der Waals surface area contributed by atoms with Crippen molar-refractivity contribution in [2.75, 3.05) is 12.5 Å². The van der Waals surface area contributed by atoms with Crippen LogP contribution in [-0.2, 0) is 0 Å². The molecule has 2 rings (SSSR count). The van der Waals surface area contributed by atoms with Crippen LogP contribution in [0.25, 0.3) is 0 Å². The molecule has 1 aromatic carbocycles. The predicted octanol–water partition coefficient (Wildman–Crippen LogP) is 1.53. The highest BCUT2D eigenvalue weighted by Crippen LogP contribution is 2.35. The number of ether oxygens (including phenoxy) is 2. The number of carbonyl (C=O) groups is 1. The van der Waals surface area contributed by atoms with E-state index in [4.69, 9.17) is 21.6 Å². The van der Waals surface area contributed by atoms with Crippen molar-refractivity contribution < 1.29 is 14.3 Å². The van der Waals surface area contributed by atoms with Gasteiger partial charge in [0, 0.05) is 11.8 Å². The van der Waals surface area contributed by atoms with Crippen LogP contribution in [-0.4, -0.2) is 18.7 Å². The summed E-state index contributed by atoms with van der Waals surface area (Å²) in [5.74, 6) is 3.32. The number of nitrogens with two attached hydrogens (primary N) is 1. The zero-order valence-electron chi connectivity index (χ0n) is 10.7. The molecule has 1 aliphatic heterocycles. The molecule has 0 radical (unpaired) electrons. The summed E-state index contributed by atoms with van der Waals surface area (Å²) >= 11 is 0. The van der Waals surface area contributed by atoms with Gasteiger partial charge in [0.05, 0.1) is 11.6 Å². The number of fused-ring (bicyclic) bond motifs is 1. The van der Waals surface area contributed by atoms with E-state index in [2.05, 4.69) is 11.2 Å². The van der Waals surface area contributed by atoms with Crippen LogP contribution in [0.5, 0.6) is 11.5 Å². The number of benzene rings is 1. The fourth-order valence-corrected chi connectivity index (χ4v) is 1.88. The number of anilines is 1. The molecule has 0 aromatic heterocycles. The van der Waals surface area contributed by atoms with E-state index in [1.165, 1.54) is 0 Å². The standard InChI is InChI=1S/C14H16N2O3/c1-3-5-9(4-2)16-14(17)10-6-12-13(7-11(10)15)19-8-18-12/h2,6-7,9H,3,5,8,15H2,1H3,(H,16,17). The van der Waals surface area contributed by atoms with Gasteiger partial charge in [0.1, 0.15) is 0 Å². The second kappa shape index (κ2) is 5.53. The van der Waals surface area contributed by atoms with E-state index in [-0.39, 0.29) is 18.7 Å². The maximum atomic E-state index is 12.1. The molecule has 1 unspecified atom stereocenters. The van der Waals surface area contributed by atoms with Crippen LogP contribution in [0.2, 0.25) is 0 Å². The van der Waals surface area contributed by atoms with Crippen LogP contribution in [0.1, 0.15) is 30.1 Å². The number of rotatable bonds is 4. The van der Waals surface area contributed by atoms with E-state index >= 15 is 0 Å². The van der Waals surface area contributed by atoms with Gasteiger partial charge in [0.25, 0.3) is 5.91 Å². The van der Waals surface area contributed by atoms with Crippen molar-refractivity contribution in [3.63, 3.8) is 0 Å². The third kappa shape index (κ3) is 2.74. The Morgan fingerprint density at radius 3 is 2.84 bits per heavy atom. The molecular formula is C14H16N2O3. The molecule has 0 spiro atoms. The van der Waals surface area contributed by atoms with Gasteiger partial charge in [0.2, 0.25) is 6.79 Å². The fraction of sp³-hybridized carbons (Fsp3) is 0.357. The van der Waals surface area contributed by atoms with Gasteiger partial charge in [-0.15, -0.1) is 6.42 Å². The average molecular weight is 260 g/mol. The third-order valence-corrected chi connectivity index (χ3v) is 2.87. The van der Waals surface area contributed by atoms with Crippen molar-refractivity contribution in [3.8, 4) is 23.8 Å². The highest BCUT2D eigenvalue weighted by Gasteiger charge is 2.20. The van der Waals surface area contributed by atoms with Gasteiger partial charge in [-0.1, -0.05) is 19.3 Å². The molecule has 0 fully saturated rings. The van der Waals surface area contributed by atoms with E-state index in [9.17, 15) is 4.79 Å². The van der Waals surface area contributed by atoms with Crippen molar-refractivity contribution in [2.45, 2.75) is 25.8 Å². The minimum atomic E-state index is -0.299. The number of terminal acetylenes is 1. The van der Waals surface area contributed by atoms with Crippen molar-refractivity contribution in [1.82, 2.24) is 5.32 Å². The monoisotopic (exact) mass is 260 g/mol. The summed E-state index contributed by atoms with van der Waals surface area (Å²) in [5, 5.41) is 2.76. The van der Waals surface area contributed by atoms with Gasteiger partial charge in [0.15, 0.2) is 11.5 Å². The summed E-state index contributed by atoms with van der Waals surface area (Å²) in [6.45, 7) is 2.15. The number of amides is 1. The minimum Gasteiger partial charge on any atom is -0.454 e. The summed E-state index contributed by atoms with van der Waals surface area (Å²) in [4.78, 5) is 12.1. The molecular weight excluding hydrogens is 244 g/mol. The molecule has 100 valence electrons. The lowest BCUT2D eigenvalue weighted by atomic mass is 10.1. The van der Waals surface area contributed by atoms with Crippen LogP contribution >= 0.6 is 0 Å². The van der Waals surface area contributed by atoms with Crippen molar-refractivity contribution in [2.24, 2.45) is 0 Å². The SMILES string of the molecule is C#CC(CCC)NC(=O)c1cc2c(cc1N)OCO2. The molecule has 1 amide bonds. The van der Waals surface area contributed by atoms with Crippen LogP contribution < -0.4 is 20.5 Å². The van der Waals surface area contributed by atoms with Crippen LogP contribution in [0.4, 0.5) is 5.69 Å². The first-order valence-corrected chi connectivity index (χ1v) is 6.11. The van der Waals surface area contributed by atoms with Gasteiger partial charge >= 0.3 is 0 Å².